The fourth-order valence-electron chi connectivity index (χ4n) is 2.55. The summed E-state index contributed by atoms with van der Waals surface area (Å²) in [7, 11) is 0. The number of anilines is 1. The Morgan fingerprint density at radius 3 is 2.50 bits per heavy atom. The zero-order valence-corrected chi connectivity index (χ0v) is 14.4. The van der Waals surface area contributed by atoms with Crippen LogP contribution in [0.2, 0.25) is 10.0 Å². The number of rotatable bonds is 3. The maximum atomic E-state index is 12.4. The molecule has 0 spiro atoms. The number of carbonyl (C=O) groups is 1. The van der Waals surface area contributed by atoms with Crippen LogP contribution in [-0.2, 0) is 11.3 Å². The van der Waals surface area contributed by atoms with Crippen molar-refractivity contribution in [2.24, 2.45) is 5.73 Å². The van der Waals surface area contributed by atoms with Crippen LogP contribution in [0.5, 0.6) is 0 Å². The lowest BCUT2D eigenvalue weighted by atomic mass is 10.1. The van der Waals surface area contributed by atoms with E-state index in [1.54, 1.807) is 18.2 Å². The molecule has 3 rings (SSSR count). The maximum Gasteiger partial charge on any atom is 0.269 e. The molecular weight excluding hydrogens is 377 g/mol. The number of non-ortho nitro benzene ring substituents is 1. The molecule has 1 heterocycles. The minimum atomic E-state index is -0.910. The molecule has 0 fully saturated rings. The van der Waals surface area contributed by atoms with Crippen LogP contribution < -0.4 is 10.6 Å². The van der Waals surface area contributed by atoms with Gasteiger partial charge in [-0.25, -0.2) is 0 Å². The lowest BCUT2D eigenvalue weighted by molar-refractivity contribution is -0.384. The lowest BCUT2D eigenvalue weighted by Gasteiger charge is -2.18. The molecule has 0 radical (unpaired) electrons. The molecule has 1 aliphatic rings. The van der Waals surface area contributed by atoms with E-state index in [9.17, 15) is 14.9 Å². The van der Waals surface area contributed by atoms with Crippen LogP contribution in [0.3, 0.4) is 0 Å². The van der Waals surface area contributed by atoms with Crippen LogP contribution in [0, 0.1) is 10.1 Å². The normalized spacial score (nSPS) is 15.9. The van der Waals surface area contributed by atoms with E-state index < -0.39 is 11.0 Å². The van der Waals surface area contributed by atoms with Gasteiger partial charge in [-0.2, -0.15) is 0 Å². The first-order valence-corrected chi connectivity index (χ1v) is 7.43. The van der Waals surface area contributed by atoms with Gasteiger partial charge in [-0.1, -0.05) is 29.3 Å². The molecule has 0 aromatic heterocycles. The van der Waals surface area contributed by atoms with Gasteiger partial charge in [-0.05, 0) is 23.8 Å². The Balaban J connectivity index is 0.00000208. The van der Waals surface area contributed by atoms with E-state index >= 15 is 0 Å². The molecule has 0 bridgehead atoms. The maximum absolute atomic E-state index is 12.4. The Labute approximate surface area is 153 Å². The number of halogens is 3. The average Bonchev–Trinajstić information content (AvgIpc) is 2.75. The van der Waals surface area contributed by atoms with Gasteiger partial charge in [-0.15, -0.1) is 12.4 Å². The summed E-state index contributed by atoms with van der Waals surface area (Å²) in [5, 5.41) is 11.7. The minimum Gasteiger partial charge on any atom is -0.316 e. The Hall–Kier alpha value is -1.86. The second-order valence-corrected chi connectivity index (χ2v) is 5.97. The summed E-state index contributed by atoms with van der Waals surface area (Å²) in [6, 6.07) is 8.40. The Bertz CT molecular complexity index is 829. The van der Waals surface area contributed by atoms with Crippen LogP contribution in [0.25, 0.3) is 0 Å². The Morgan fingerprint density at radius 2 is 1.88 bits per heavy atom. The Kier molecular flexibility index (Phi) is 5.35. The summed E-state index contributed by atoms with van der Waals surface area (Å²) in [5.41, 5.74) is 7.60. The Morgan fingerprint density at radius 1 is 1.17 bits per heavy atom. The molecule has 1 aliphatic heterocycles. The smallest absolute Gasteiger partial charge is 0.269 e. The van der Waals surface area contributed by atoms with E-state index in [1.165, 1.54) is 23.1 Å². The SMILES string of the molecule is Cl.NC1C(=O)N(Cc2ccc(Cl)c(Cl)c2)c2ccc([N+](=O)[O-])cc21. The van der Waals surface area contributed by atoms with Crippen LogP contribution in [0.4, 0.5) is 11.4 Å². The highest BCUT2D eigenvalue weighted by atomic mass is 35.5. The van der Waals surface area contributed by atoms with E-state index in [0.29, 0.717) is 21.3 Å². The summed E-state index contributed by atoms with van der Waals surface area (Å²) in [6.07, 6.45) is 0. The van der Waals surface area contributed by atoms with E-state index in [4.69, 9.17) is 28.9 Å². The summed E-state index contributed by atoms with van der Waals surface area (Å²) in [4.78, 5) is 24.2. The number of carbonyl (C=O) groups excluding carboxylic acids is 1. The number of nitro benzene ring substituents is 1. The second-order valence-electron chi connectivity index (χ2n) is 5.15. The number of fused-ring (bicyclic) bond motifs is 1. The molecule has 1 atom stereocenters. The predicted molar refractivity (Wildman–Crippen MR) is 94.9 cm³/mol. The molecule has 0 saturated heterocycles. The number of benzene rings is 2. The van der Waals surface area contributed by atoms with Gasteiger partial charge in [0.15, 0.2) is 0 Å². The first kappa shape index (κ1) is 18.5. The molecule has 6 nitrogen and oxygen atoms in total. The van der Waals surface area contributed by atoms with Crippen molar-refractivity contribution in [1.82, 2.24) is 0 Å². The topological polar surface area (TPSA) is 89.5 Å². The van der Waals surface area contributed by atoms with Gasteiger partial charge in [-0.3, -0.25) is 14.9 Å². The second kappa shape index (κ2) is 6.94. The molecule has 24 heavy (non-hydrogen) atoms. The minimum absolute atomic E-state index is 0. The third-order valence-electron chi connectivity index (χ3n) is 3.70. The van der Waals surface area contributed by atoms with Crippen LogP contribution in [0.1, 0.15) is 17.2 Å². The number of nitrogens with two attached hydrogens (primary N) is 1. The molecule has 9 heteroatoms. The van der Waals surface area contributed by atoms with Crippen LogP contribution >= 0.6 is 35.6 Å². The van der Waals surface area contributed by atoms with Crippen molar-refractivity contribution >= 4 is 52.9 Å². The molecule has 1 unspecified atom stereocenters. The molecule has 2 N–H and O–H groups in total. The van der Waals surface area contributed by atoms with E-state index in [-0.39, 0.29) is 30.5 Å². The van der Waals surface area contributed by atoms with Crippen molar-refractivity contribution in [3.8, 4) is 0 Å². The molecule has 2 aromatic carbocycles. The quantitative estimate of drug-likeness (QED) is 0.638. The highest BCUT2D eigenvalue weighted by molar-refractivity contribution is 6.42. The predicted octanol–water partition coefficient (Wildman–Crippen LogP) is 3.87. The largest absolute Gasteiger partial charge is 0.316 e. The first-order chi connectivity index (χ1) is 10.9. The van der Waals surface area contributed by atoms with Gasteiger partial charge in [0.1, 0.15) is 6.04 Å². The first-order valence-electron chi connectivity index (χ1n) is 6.67. The zero-order chi connectivity index (χ0) is 16.7. The number of nitro groups is 1. The molecule has 2 aromatic rings. The highest BCUT2D eigenvalue weighted by Crippen LogP contribution is 2.38. The van der Waals surface area contributed by atoms with Crippen molar-refractivity contribution in [3.63, 3.8) is 0 Å². The third-order valence-corrected chi connectivity index (χ3v) is 4.44. The van der Waals surface area contributed by atoms with Gasteiger partial charge in [0.25, 0.3) is 5.69 Å². The van der Waals surface area contributed by atoms with Gasteiger partial charge < -0.3 is 10.6 Å². The van der Waals surface area contributed by atoms with Gasteiger partial charge >= 0.3 is 0 Å². The number of nitrogens with zero attached hydrogens (tertiary/aromatic N) is 2. The summed E-state index contributed by atoms with van der Waals surface area (Å²) < 4.78 is 0. The number of hydrogen-bond donors (Lipinski definition) is 1. The van der Waals surface area contributed by atoms with Gasteiger partial charge in [0.05, 0.1) is 21.5 Å². The van der Waals surface area contributed by atoms with Crippen LogP contribution in [0.15, 0.2) is 36.4 Å². The number of hydrogen-bond acceptors (Lipinski definition) is 4. The van der Waals surface area contributed by atoms with Crippen molar-refractivity contribution in [1.29, 1.82) is 0 Å². The number of amides is 1. The lowest BCUT2D eigenvalue weighted by Crippen LogP contribution is -2.31. The average molecular weight is 389 g/mol. The van der Waals surface area contributed by atoms with Gasteiger partial charge in [0.2, 0.25) is 5.91 Å². The standard InChI is InChI=1S/C15H11Cl2N3O3.ClH/c16-11-3-1-8(5-12(11)17)7-19-13-4-2-9(20(22)23)6-10(13)14(18)15(19)21;/h1-6,14H,7,18H2;1H. The molecular formula is C15H12Cl3N3O3. The highest BCUT2D eigenvalue weighted by Gasteiger charge is 2.36. The van der Waals surface area contributed by atoms with E-state index in [0.717, 1.165) is 5.56 Å². The van der Waals surface area contributed by atoms with Crippen molar-refractivity contribution in [2.45, 2.75) is 12.6 Å². The molecule has 1 amide bonds. The summed E-state index contributed by atoms with van der Waals surface area (Å²) in [5.74, 6) is -0.313. The van der Waals surface area contributed by atoms with Crippen molar-refractivity contribution < 1.29 is 9.72 Å². The molecule has 0 saturated carbocycles. The molecule has 126 valence electrons. The zero-order valence-electron chi connectivity index (χ0n) is 12.1. The monoisotopic (exact) mass is 387 g/mol. The third kappa shape index (κ3) is 3.18. The summed E-state index contributed by atoms with van der Waals surface area (Å²) in [6.45, 7) is 0.258. The van der Waals surface area contributed by atoms with Crippen LogP contribution in [-0.4, -0.2) is 10.8 Å². The van der Waals surface area contributed by atoms with E-state index in [1.807, 2.05) is 0 Å². The van der Waals surface area contributed by atoms with Crippen molar-refractivity contribution in [2.75, 3.05) is 4.90 Å². The fraction of sp³-hybridized carbons (Fsp3) is 0.133. The van der Waals surface area contributed by atoms with Gasteiger partial charge in [0, 0.05) is 23.4 Å². The fourth-order valence-corrected chi connectivity index (χ4v) is 2.87. The molecule has 0 aliphatic carbocycles. The van der Waals surface area contributed by atoms with Crippen molar-refractivity contribution in [3.05, 3.63) is 67.7 Å². The summed E-state index contributed by atoms with van der Waals surface area (Å²) >= 11 is 11.9. The van der Waals surface area contributed by atoms with E-state index in [2.05, 4.69) is 0 Å².